The summed E-state index contributed by atoms with van der Waals surface area (Å²) in [5.74, 6) is 1.82. The monoisotopic (exact) mass is 380 g/mol. The summed E-state index contributed by atoms with van der Waals surface area (Å²) in [6.45, 7) is 1.95. The summed E-state index contributed by atoms with van der Waals surface area (Å²) in [5, 5.41) is 10.3. The Morgan fingerprint density at radius 2 is 1.96 bits per heavy atom. The lowest BCUT2D eigenvalue weighted by Gasteiger charge is -2.33. The second kappa shape index (κ2) is 8.03. The molecular weight excluding hydrogens is 360 g/mol. The van der Waals surface area contributed by atoms with E-state index in [4.69, 9.17) is 21.6 Å². The van der Waals surface area contributed by atoms with Gasteiger partial charge in [0, 0.05) is 54.3 Å². The average Bonchev–Trinajstić information content (AvgIpc) is 2.74. The van der Waals surface area contributed by atoms with Crippen LogP contribution in [0.15, 0.2) is 54.9 Å². The van der Waals surface area contributed by atoms with Crippen LogP contribution in [0.4, 0.5) is 5.82 Å². The Bertz CT molecular complexity index is 902. The van der Waals surface area contributed by atoms with E-state index >= 15 is 0 Å². The molecule has 0 amide bonds. The molecule has 1 fully saturated rings. The second-order valence-electron chi connectivity index (χ2n) is 6.82. The Hall–Kier alpha value is -2.50. The number of aromatic nitrogens is 3. The molecule has 0 bridgehead atoms. The van der Waals surface area contributed by atoms with Gasteiger partial charge in [-0.25, -0.2) is 9.97 Å². The zero-order chi connectivity index (χ0) is 18.6. The van der Waals surface area contributed by atoms with Crippen molar-refractivity contribution in [1.82, 2.24) is 15.0 Å². The van der Waals surface area contributed by atoms with Crippen molar-refractivity contribution in [3.05, 3.63) is 59.9 Å². The molecule has 4 rings (SSSR count). The van der Waals surface area contributed by atoms with E-state index in [1.54, 1.807) is 12.4 Å². The predicted molar refractivity (Wildman–Crippen MR) is 108 cm³/mol. The average molecular weight is 381 g/mol. The molecule has 3 heterocycles. The van der Waals surface area contributed by atoms with Crippen LogP contribution in [-0.4, -0.2) is 39.8 Å². The molecule has 1 N–H and O–H groups in total. The third kappa shape index (κ3) is 4.10. The molecule has 6 heteroatoms. The van der Waals surface area contributed by atoms with Crippen molar-refractivity contribution in [2.75, 3.05) is 24.6 Å². The van der Waals surface area contributed by atoms with Crippen LogP contribution in [-0.2, 0) is 0 Å². The topological polar surface area (TPSA) is 62.1 Å². The summed E-state index contributed by atoms with van der Waals surface area (Å²) >= 11 is 6.04. The molecule has 0 spiro atoms. The van der Waals surface area contributed by atoms with Gasteiger partial charge in [-0.3, -0.25) is 4.98 Å². The number of benzene rings is 1. The highest BCUT2D eigenvalue weighted by atomic mass is 35.5. The van der Waals surface area contributed by atoms with E-state index in [0.717, 1.165) is 48.6 Å². The Morgan fingerprint density at radius 3 is 2.70 bits per heavy atom. The normalized spacial score (nSPS) is 17.1. The molecule has 0 radical (unpaired) electrons. The molecule has 27 heavy (non-hydrogen) atoms. The number of aliphatic hydroxyl groups is 1. The van der Waals surface area contributed by atoms with Crippen LogP contribution >= 0.6 is 11.6 Å². The standard InChI is InChI=1S/C21H21ClN4O/c22-18-7-5-16(6-8-18)19-11-20(26-10-2-3-15(13-26)14-27)25-21(24-19)17-4-1-9-23-12-17/h1,4-9,11-12,15,27H,2-3,10,13-14H2. The summed E-state index contributed by atoms with van der Waals surface area (Å²) in [4.78, 5) is 16.0. The fourth-order valence-electron chi connectivity index (χ4n) is 3.41. The van der Waals surface area contributed by atoms with Crippen molar-refractivity contribution in [3.63, 3.8) is 0 Å². The van der Waals surface area contributed by atoms with Crippen LogP contribution in [0.1, 0.15) is 12.8 Å². The van der Waals surface area contributed by atoms with Gasteiger partial charge in [-0.15, -0.1) is 0 Å². The predicted octanol–water partition coefficient (Wildman–Crippen LogP) is 4.07. The van der Waals surface area contributed by atoms with Crippen LogP contribution in [0.3, 0.4) is 0 Å². The molecule has 0 aliphatic carbocycles. The number of pyridine rings is 1. The number of anilines is 1. The van der Waals surface area contributed by atoms with E-state index in [-0.39, 0.29) is 12.5 Å². The van der Waals surface area contributed by atoms with E-state index in [1.165, 1.54) is 0 Å². The molecule has 0 saturated carbocycles. The fourth-order valence-corrected chi connectivity index (χ4v) is 3.54. The molecule has 1 atom stereocenters. The van der Waals surface area contributed by atoms with E-state index in [2.05, 4.69) is 9.88 Å². The SMILES string of the molecule is OCC1CCCN(c2cc(-c3ccc(Cl)cc3)nc(-c3cccnc3)n2)C1. The molecule has 1 aliphatic heterocycles. The van der Waals surface area contributed by atoms with Gasteiger partial charge in [0.25, 0.3) is 0 Å². The van der Waals surface area contributed by atoms with Gasteiger partial charge in [-0.05, 0) is 43.0 Å². The van der Waals surface area contributed by atoms with E-state index in [9.17, 15) is 5.11 Å². The van der Waals surface area contributed by atoms with Gasteiger partial charge < -0.3 is 10.0 Å². The molecule has 138 valence electrons. The lowest BCUT2D eigenvalue weighted by molar-refractivity contribution is 0.208. The largest absolute Gasteiger partial charge is 0.396 e. The van der Waals surface area contributed by atoms with Crippen molar-refractivity contribution >= 4 is 17.4 Å². The molecule has 1 saturated heterocycles. The highest BCUT2D eigenvalue weighted by molar-refractivity contribution is 6.30. The Morgan fingerprint density at radius 1 is 1.11 bits per heavy atom. The maximum atomic E-state index is 9.57. The van der Waals surface area contributed by atoms with Crippen LogP contribution < -0.4 is 4.90 Å². The number of nitrogens with zero attached hydrogens (tertiary/aromatic N) is 4. The van der Waals surface area contributed by atoms with Crippen molar-refractivity contribution in [2.45, 2.75) is 12.8 Å². The van der Waals surface area contributed by atoms with E-state index in [0.29, 0.717) is 10.8 Å². The third-order valence-electron chi connectivity index (χ3n) is 4.87. The van der Waals surface area contributed by atoms with Crippen LogP contribution in [0, 0.1) is 5.92 Å². The maximum absolute atomic E-state index is 9.57. The first-order valence-corrected chi connectivity index (χ1v) is 9.52. The first kappa shape index (κ1) is 17.9. The number of piperidine rings is 1. The number of aliphatic hydroxyl groups excluding tert-OH is 1. The summed E-state index contributed by atoms with van der Waals surface area (Å²) < 4.78 is 0. The van der Waals surface area contributed by atoms with Crippen LogP contribution in [0.2, 0.25) is 5.02 Å². The van der Waals surface area contributed by atoms with Gasteiger partial charge in [0.1, 0.15) is 5.82 Å². The van der Waals surface area contributed by atoms with Gasteiger partial charge in [0.2, 0.25) is 0 Å². The number of rotatable bonds is 4. The van der Waals surface area contributed by atoms with E-state index in [1.807, 2.05) is 42.5 Å². The van der Waals surface area contributed by atoms with Gasteiger partial charge >= 0.3 is 0 Å². The minimum Gasteiger partial charge on any atom is -0.396 e. The Kier molecular flexibility index (Phi) is 5.32. The van der Waals surface area contributed by atoms with Crippen molar-refractivity contribution < 1.29 is 5.11 Å². The Balaban J connectivity index is 1.78. The fraction of sp³-hybridized carbons (Fsp3) is 0.286. The molecule has 1 aromatic carbocycles. The number of hydrogen-bond donors (Lipinski definition) is 1. The van der Waals surface area contributed by atoms with E-state index < -0.39 is 0 Å². The summed E-state index contributed by atoms with van der Waals surface area (Å²) in [7, 11) is 0. The number of hydrogen-bond acceptors (Lipinski definition) is 5. The van der Waals surface area contributed by atoms with Gasteiger partial charge in [0.15, 0.2) is 5.82 Å². The van der Waals surface area contributed by atoms with Gasteiger partial charge in [-0.1, -0.05) is 23.7 Å². The lowest BCUT2D eigenvalue weighted by Crippen LogP contribution is -2.37. The molecule has 1 unspecified atom stereocenters. The third-order valence-corrected chi connectivity index (χ3v) is 5.13. The minimum absolute atomic E-state index is 0.209. The van der Waals surface area contributed by atoms with Gasteiger partial charge in [-0.2, -0.15) is 0 Å². The van der Waals surface area contributed by atoms with Crippen molar-refractivity contribution in [1.29, 1.82) is 0 Å². The van der Waals surface area contributed by atoms with Crippen LogP contribution in [0.5, 0.6) is 0 Å². The Labute approximate surface area is 163 Å². The maximum Gasteiger partial charge on any atom is 0.163 e. The molecular formula is C21H21ClN4O. The molecule has 1 aliphatic rings. The zero-order valence-corrected chi connectivity index (χ0v) is 15.7. The molecule has 2 aromatic heterocycles. The number of halogens is 1. The zero-order valence-electron chi connectivity index (χ0n) is 14.9. The summed E-state index contributed by atoms with van der Waals surface area (Å²) in [5.41, 5.74) is 2.72. The first-order valence-electron chi connectivity index (χ1n) is 9.14. The summed E-state index contributed by atoms with van der Waals surface area (Å²) in [6, 6.07) is 13.5. The summed E-state index contributed by atoms with van der Waals surface area (Å²) in [6.07, 6.45) is 5.62. The van der Waals surface area contributed by atoms with Crippen LogP contribution in [0.25, 0.3) is 22.6 Å². The highest BCUT2D eigenvalue weighted by Gasteiger charge is 2.22. The molecule has 5 nitrogen and oxygen atoms in total. The first-order chi connectivity index (χ1) is 13.2. The second-order valence-corrected chi connectivity index (χ2v) is 7.26. The van der Waals surface area contributed by atoms with Gasteiger partial charge in [0.05, 0.1) is 5.69 Å². The van der Waals surface area contributed by atoms with Crippen molar-refractivity contribution in [3.8, 4) is 22.6 Å². The minimum atomic E-state index is 0.209. The lowest BCUT2D eigenvalue weighted by atomic mass is 9.99. The molecule has 3 aromatic rings. The highest BCUT2D eigenvalue weighted by Crippen LogP contribution is 2.29. The smallest absolute Gasteiger partial charge is 0.163 e. The van der Waals surface area contributed by atoms with Crippen molar-refractivity contribution in [2.24, 2.45) is 5.92 Å². The quantitative estimate of drug-likeness (QED) is 0.739.